The zero-order valence-electron chi connectivity index (χ0n) is 14.7. The summed E-state index contributed by atoms with van der Waals surface area (Å²) in [5, 5.41) is 13.2. The van der Waals surface area contributed by atoms with Gasteiger partial charge in [-0.3, -0.25) is 24.5 Å². The van der Waals surface area contributed by atoms with Crippen LogP contribution in [0.15, 0.2) is 54.6 Å². The van der Waals surface area contributed by atoms with Gasteiger partial charge < -0.3 is 15.0 Å². The largest absolute Gasteiger partial charge is 0.455 e. The number of nitrogens with one attached hydrogen (secondary N) is 1. The van der Waals surface area contributed by atoms with Crippen LogP contribution in [0.3, 0.4) is 0 Å². The van der Waals surface area contributed by atoms with Crippen molar-refractivity contribution in [3.8, 4) is 0 Å². The number of amides is 2. The van der Waals surface area contributed by atoms with Gasteiger partial charge in [0.2, 0.25) is 5.91 Å². The molecule has 0 aliphatic carbocycles. The molecule has 1 saturated heterocycles. The molecule has 0 saturated carbocycles. The fraction of sp³-hybridized carbons (Fsp3) is 0.211. The van der Waals surface area contributed by atoms with Crippen molar-refractivity contribution in [1.29, 1.82) is 0 Å². The summed E-state index contributed by atoms with van der Waals surface area (Å²) in [4.78, 5) is 47.9. The first-order chi connectivity index (χ1) is 13.4. The van der Waals surface area contributed by atoms with Gasteiger partial charge in [0, 0.05) is 36.5 Å². The zero-order chi connectivity index (χ0) is 20.1. The van der Waals surface area contributed by atoms with Gasteiger partial charge in [0.25, 0.3) is 11.6 Å². The van der Waals surface area contributed by atoms with E-state index in [0.717, 1.165) is 0 Å². The highest BCUT2D eigenvalue weighted by Crippen LogP contribution is 2.25. The van der Waals surface area contributed by atoms with E-state index in [9.17, 15) is 24.5 Å². The summed E-state index contributed by atoms with van der Waals surface area (Å²) in [6.45, 7) is -0.355. The number of carbonyl (C=O) groups is 3. The van der Waals surface area contributed by atoms with E-state index in [1.807, 2.05) is 6.07 Å². The second-order valence-corrected chi connectivity index (χ2v) is 6.20. The molecule has 0 radical (unpaired) electrons. The van der Waals surface area contributed by atoms with E-state index in [1.54, 1.807) is 24.3 Å². The van der Waals surface area contributed by atoms with Gasteiger partial charge in [0.05, 0.1) is 10.8 Å². The fourth-order valence-electron chi connectivity index (χ4n) is 2.87. The van der Waals surface area contributed by atoms with E-state index in [1.165, 1.54) is 29.2 Å². The predicted molar refractivity (Wildman–Crippen MR) is 99.6 cm³/mol. The van der Waals surface area contributed by atoms with Gasteiger partial charge in [-0.25, -0.2) is 0 Å². The highest BCUT2D eigenvalue weighted by Gasteiger charge is 2.36. The summed E-state index contributed by atoms with van der Waals surface area (Å²) >= 11 is 0. The lowest BCUT2D eigenvalue weighted by Gasteiger charge is -2.16. The quantitative estimate of drug-likeness (QED) is 0.464. The molecule has 144 valence electrons. The van der Waals surface area contributed by atoms with E-state index in [2.05, 4.69) is 5.32 Å². The Morgan fingerprint density at radius 1 is 1.18 bits per heavy atom. The third-order valence-corrected chi connectivity index (χ3v) is 4.21. The van der Waals surface area contributed by atoms with Crippen LogP contribution in [0.4, 0.5) is 17.1 Å². The molecule has 1 aliphatic heterocycles. The standard InChI is InChI=1S/C19H17N3O6/c23-17(20-14-5-4-8-16(10-14)22(26)27)12-28-19(25)13-9-18(24)21(11-13)15-6-2-1-3-7-15/h1-8,10,13H,9,11-12H2,(H,20,23)/t13-/m0/s1. The number of rotatable bonds is 6. The monoisotopic (exact) mass is 383 g/mol. The number of anilines is 2. The number of nitrogens with zero attached hydrogens (tertiary/aromatic N) is 2. The normalized spacial score (nSPS) is 15.9. The minimum Gasteiger partial charge on any atom is -0.455 e. The lowest BCUT2D eigenvalue weighted by molar-refractivity contribution is -0.384. The maximum absolute atomic E-state index is 12.2. The number of ether oxygens (including phenoxy) is 1. The first kappa shape index (κ1) is 19.0. The van der Waals surface area contributed by atoms with Crippen molar-refractivity contribution in [2.45, 2.75) is 6.42 Å². The van der Waals surface area contributed by atoms with Gasteiger partial charge in [-0.15, -0.1) is 0 Å². The van der Waals surface area contributed by atoms with Crippen molar-refractivity contribution in [2.75, 3.05) is 23.4 Å². The van der Waals surface area contributed by atoms with Crippen LogP contribution >= 0.6 is 0 Å². The Morgan fingerprint density at radius 3 is 2.64 bits per heavy atom. The molecule has 1 N–H and O–H groups in total. The highest BCUT2D eigenvalue weighted by atomic mass is 16.6. The van der Waals surface area contributed by atoms with Crippen molar-refractivity contribution in [3.63, 3.8) is 0 Å². The SMILES string of the molecule is O=C(COC(=O)[C@H]1CC(=O)N(c2ccccc2)C1)Nc1cccc([N+](=O)[O-])c1. The van der Waals surface area contributed by atoms with Crippen LogP contribution in [0.1, 0.15) is 6.42 Å². The molecule has 28 heavy (non-hydrogen) atoms. The molecule has 9 nitrogen and oxygen atoms in total. The summed E-state index contributed by atoms with van der Waals surface area (Å²) in [7, 11) is 0. The molecule has 2 amide bonds. The third-order valence-electron chi connectivity index (χ3n) is 4.21. The molecular formula is C19H17N3O6. The predicted octanol–water partition coefficient (Wildman–Crippen LogP) is 2.13. The summed E-state index contributed by atoms with van der Waals surface area (Å²) in [5.41, 5.74) is 0.757. The lowest BCUT2D eigenvalue weighted by atomic mass is 10.1. The summed E-state index contributed by atoms with van der Waals surface area (Å²) in [6, 6.07) is 14.4. The molecule has 0 unspecified atom stereocenters. The summed E-state index contributed by atoms with van der Waals surface area (Å²) in [5.74, 6) is -2.11. The summed E-state index contributed by atoms with van der Waals surface area (Å²) < 4.78 is 5.01. The van der Waals surface area contributed by atoms with Gasteiger partial charge >= 0.3 is 5.97 Å². The van der Waals surface area contributed by atoms with Gasteiger partial charge in [-0.2, -0.15) is 0 Å². The number of non-ortho nitro benzene ring substituents is 1. The number of carbonyl (C=O) groups excluding carboxylic acids is 3. The maximum atomic E-state index is 12.2. The van der Waals surface area contributed by atoms with E-state index < -0.39 is 29.3 Å². The molecule has 2 aromatic rings. The van der Waals surface area contributed by atoms with Crippen molar-refractivity contribution in [3.05, 3.63) is 64.7 Å². The van der Waals surface area contributed by atoms with Gasteiger partial charge in [0.1, 0.15) is 0 Å². The molecule has 1 aliphatic rings. The Bertz CT molecular complexity index is 915. The Hall–Kier alpha value is -3.75. The number of hydrogen-bond donors (Lipinski definition) is 1. The smallest absolute Gasteiger partial charge is 0.311 e. The lowest BCUT2D eigenvalue weighted by Crippen LogP contribution is -2.28. The highest BCUT2D eigenvalue weighted by molar-refractivity contribution is 6.00. The number of hydrogen-bond acceptors (Lipinski definition) is 6. The van der Waals surface area contributed by atoms with Crippen molar-refractivity contribution >= 4 is 34.8 Å². The Morgan fingerprint density at radius 2 is 1.93 bits per heavy atom. The Balaban J connectivity index is 1.51. The summed E-state index contributed by atoms with van der Waals surface area (Å²) in [6.07, 6.45) is 0.0141. The van der Waals surface area contributed by atoms with Crippen LogP contribution in [-0.2, 0) is 19.1 Å². The number of nitro benzene ring substituents is 1. The molecule has 0 bridgehead atoms. The minimum atomic E-state index is -0.654. The molecule has 2 aromatic carbocycles. The van der Waals surface area contributed by atoms with E-state index in [4.69, 9.17) is 4.74 Å². The molecule has 0 aromatic heterocycles. The van der Waals surface area contributed by atoms with Gasteiger partial charge in [-0.05, 0) is 18.2 Å². The van der Waals surface area contributed by atoms with Gasteiger partial charge in [-0.1, -0.05) is 24.3 Å². The molecule has 9 heteroatoms. The van der Waals surface area contributed by atoms with Crippen LogP contribution < -0.4 is 10.2 Å². The zero-order valence-corrected chi connectivity index (χ0v) is 14.7. The van der Waals surface area contributed by atoms with E-state index in [0.29, 0.717) is 5.69 Å². The van der Waals surface area contributed by atoms with Crippen molar-refractivity contribution < 1.29 is 24.0 Å². The molecule has 0 spiro atoms. The van der Waals surface area contributed by atoms with Crippen LogP contribution in [0.5, 0.6) is 0 Å². The Labute approximate surface area is 160 Å². The average molecular weight is 383 g/mol. The molecule has 1 heterocycles. The van der Waals surface area contributed by atoms with Gasteiger partial charge in [0.15, 0.2) is 6.61 Å². The van der Waals surface area contributed by atoms with Crippen LogP contribution in [0.25, 0.3) is 0 Å². The minimum absolute atomic E-state index is 0.0141. The van der Waals surface area contributed by atoms with Crippen LogP contribution in [0, 0.1) is 16.0 Å². The van der Waals surface area contributed by atoms with Crippen LogP contribution in [0.2, 0.25) is 0 Å². The second kappa shape index (κ2) is 8.30. The number of esters is 1. The fourth-order valence-corrected chi connectivity index (χ4v) is 2.87. The average Bonchev–Trinajstić information content (AvgIpc) is 3.09. The number of nitro groups is 1. The maximum Gasteiger partial charge on any atom is 0.311 e. The van der Waals surface area contributed by atoms with E-state index >= 15 is 0 Å². The number of para-hydroxylation sites is 1. The molecular weight excluding hydrogens is 366 g/mol. The molecule has 1 fully saturated rings. The first-order valence-electron chi connectivity index (χ1n) is 8.50. The number of benzene rings is 2. The van der Waals surface area contributed by atoms with Crippen molar-refractivity contribution in [2.24, 2.45) is 5.92 Å². The Kier molecular flexibility index (Phi) is 5.64. The second-order valence-electron chi connectivity index (χ2n) is 6.20. The molecule has 1 atom stereocenters. The topological polar surface area (TPSA) is 119 Å². The third kappa shape index (κ3) is 4.50. The van der Waals surface area contributed by atoms with Crippen molar-refractivity contribution in [1.82, 2.24) is 0 Å². The van der Waals surface area contributed by atoms with Crippen LogP contribution in [-0.4, -0.2) is 35.9 Å². The first-order valence-corrected chi connectivity index (χ1v) is 8.50. The molecule has 3 rings (SSSR count). The van der Waals surface area contributed by atoms with E-state index in [-0.39, 0.29) is 30.2 Å².